The zero-order valence-electron chi connectivity index (χ0n) is 14.6. The molecule has 3 aromatic rings. The minimum atomic E-state index is -0.574. The molecule has 0 atom stereocenters. The molecule has 28 heavy (non-hydrogen) atoms. The number of benzene rings is 1. The van der Waals surface area contributed by atoms with Crippen molar-refractivity contribution in [2.75, 3.05) is 11.9 Å². The number of nitrogens with one attached hydrogen (secondary N) is 1. The van der Waals surface area contributed by atoms with E-state index in [-0.39, 0.29) is 0 Å². The van der Waals surface area contributed by atoms with Crippen molar-refractivity contribution in [2.24, 2.45) is 5.73 Å². The van der Waals surface area contributed by atoms with E-state index in [2.05, 4.69) is 5.32 Å². The summed E-state index contributed by atoms with van der Waals surface area (Å²) in [5.74, 6) is -1.61. The standard InChI is InChI=1S/C20H16N2O4S2/c21-19(24)13-5-7-14(8-6-13)22-18(23)12-26-20(25)16(17-4-2-10-28-17)11-15-3-1-9-27-15/h1-11H,12H2,(H2,21,24)(H,22,23)/b16-11-. The summed E-state index contributed by atoms with van der Waals surface area (Å²) in [6, 6.07) is 13.6. The molecular formula is C20H16N2O4S2. The second-order valence-electron chi connectivity index (χ2n) is 5.62. The molecular weight excluding hydrogens is 396 g/mol. The summed E-state index contributed by atoms with van der Waals surface area (Å²) in [4.78, 5) is 37.3. The Labute approximate surface area is 169 Å². The fourth-order valence-electron chi connectivity index (χ4n) is 2.30. The van der Waals surface area contributed by atoms with Crippen LogP contribution in [0.5, 0.6) is 0 Å². The van der Waals surface area contributed by atoms with Gasteiger partial charge in [0.05, 0.1) is 5.57 Å². The molecule has 2 heterocycles. The van der Waals surface area contributed by atoms with Crippen LogP contribution in [0, 0.1) is 0 Å². The molecule has 0 radical (unpaired) electrons. The molecule has 0 saturated carbocycles. The molecule has 8 heteroatoms. The molecule has 6 nitrogen and oxygen atoms in total. The van der Waals surface area contributed by atoms with Crippen LogP contribution in [0.3, 0.4) is 0 Å². The van der Waals surface area contributed by atoms with Crippen LogP contribution in [-0.4, -0.2) is 24.4 Å². The number of carbonyl (C=O) groups is 3. The third-order valence-corrected chi connectivity index (χ3v) is 5.35. The van der Waals surface area contributed by atoms with Gasteiger partial charge in [-0.15, -0.1) is 22.7 Å². The molecule has 0 bridgehead atoms. The van der Waals surface area contributed by atoms with Crippen LogP contribution in [0.4, 0.5) is 5.69 Å². The first-order valence-corrected chi connectivity index (χ1v) is 9.95. The first-order chi connectivity index (χ1) is 13.5. The van der Waals surface area contributed by atoms with Crippen LogP contribution in [0.15, 0.2) is 59.3 Å². The molecule has 2 amide bonds. The third-order valence-electron chi connectivity index (χ3n) is 3.62. The summed E-state index contributed by atoms with van der Waals surface area (Å²) >= 11 is 2.92. The normalized spacial score (nSPS) is 11.1. The highest BCUT2D eigenvalue weighted by Gasteiger charge is 2.17. The lowest BCUT2D eigenvalue weighted by Gasteiger charge is -2.08. The number of anilines is 1. The van der Waals surface area contributed by atoms with E-state index in [1.165, 1.54) is 34.8 Å². The van der Waals surface area contributed by atoms with Gasteiger partial charge in [-0.2, -0.15) is 0 Å². The molecule has 0 aliphatic heterocycles. The molecule has 3 N–H and O–H groups in total. The van der Waals surface area contributed by atoms with E-state index in [9.17, 15) is 14.4 Å². The number of carbonyl (C=O) groups excluding carboxylic acids is 3. The van der Waals surface area contributed by atoms with Crippen LogP contribution >= 0.6 is 22.7 Å². The first-order valence-electron chi connectivity index (χ1n) is 8.19. The number of ether oxygens (including phenoxy) is 1. The van der Waals surface area contributed by atoms with Crippen molar-refractivity contribution < 1.29 is 19.1 Å². The number of primary amides is 1. The van der Waals surface area contributed by atoms with E-state index in [1.54, 1.807) is 18.2 Å². The quantitative estimate of drug-likeness (QED) is 0.457. The summed E-state index contributed by atoms with van der Waals surface area (Å²) in [7, 11) is 0. The van der Waals surface area contributed by atoms with Crippen molar-refractivity contribution >= 4 is 57.8 Å². The molecule has 1 aromatic carbocycles. The number of nitrogens with two attached hydrogens (primary N) is 1. The van der Waals surface area contributed by atoms with Gasteiger partial charge in [0.15, 0.2) is 6.61 Å². The topological polar surface area (TPSA) is 98.5 Å². The van der Waals surface area contributed by atoms with Gasteiger partial charge in [0, 0.05) is 21.0 Å². The van der Waals surface area contributed by atoms with Gasteiger partial charge in [-0.3, -0.25) is 9.59 Å². The smallest absolute Gasteiger partial charge is 0.340 e. The molecule has 0 unspecified atom stereocenters. The third kappa shape index (κ3) is 5.15. The van der Waals surface area contributed by atoms with Gasteiger partial charge < -0.3 is 15.8 Å². The van der Waals surface area contributed by atoms with Crippen molar-refractivity contribution in [3.63, 3.8) is 0 Å². The largest absolute Gasteiger partial charge is 0.452 e. The van der Waals surface area contributed by atoms with Crippen molar-refractivity contribution in [1.29, 1.82) is 0 Å². The molecule has 0 aliphatic carbocycles. The lowest BCUT2D eigenvalue weighted by atomic mass is 10.2. The van der Waals surface area contributed by atoms with Crippen molar-refractivity contribution in [2.45, 2.75) is 0 Å². The monoisotopic (exact) mass is 412 g/mol. The van der Waals surface area contributed by atoms with Gasteiger partial charge in [0.1, 0.15) is 0 Å². The Morgan fingerprint density at radius 2 is 1.71 bits per heavy atom. The fraction of sp³-hybridized carbons (Fsp3) is 0.0500. The second kappa shape index (κ2) is 9.12. The van der Waals surface area contributed by atoms with Gasteiger partial charge >= 0.3 is 5.97 Å². The van der Waals surface area contributed by atoms with Gasteiger partial charge in [-0.1, -0.05) is 12.1 Å². The van der Waals surface area contributed by atoms with Crippen LogP contribution in [0.2, 0.25) is 0 Å². The van der Waals surface area contributed by atoms with E-state index < -0.39 is 24.4 Å². The Balaban J connectivity index is 1.62. The lowest BCUT2D eigenvalue weighted by Crippen LogP contribution is -2.21. The van der Waals surface area contributed by atoms with E-state index in [1.807, 2.05) is 35.0 Å². The number of hydrogen-bond acceptors (Lipinski definition) is 6. The molecule has 0 spiro atoms. The van der Waals surface area contributed by atoms with Gasteiger partial charge in [-0.05, 0) is 53.2 Å². The van der Waals surface area contributed by atoms with Gasteiger partial charge in [0.25, 0.3) is 5.91 Å². The highest BCUT2D eigenvalue weighted by molar-refractivity contribution is 7.12. The Hall–Kier alpha value is -3.23. The van der Waals surface area contributed by atoms with Crippen molar-refractivity contribution in [3.8, 4) is 0 Å². The van der Waals surface area contributed by atoms with Crippen molar-refractivity contribution in [3.05, 3.63) is 74.6 Å². The van der Waals surface area contributed by atoms with Crippen LogP contribution < -0.4 is 11.1 Å². The lowest BCUT2D eigenvalue weighted by molar-refractivity contribution is -0.141. The zero-order valence-corrected chi connectivity index (χ0v) is 16.2. The average Bonchev–Trinajstić information content (AvgIpc) is 3.38. The molecule has 3 rings (SSSR count). The maximum atomic E-state index is 12.5. The SMILES string of the molecule is NC(=O)c1ccc(NC(=O)COC(=O)/C(=C\c2cccs2)c2cccs2)cc1. The molecule has 142 valence electrons. The van der Waals surface area contributed by atoms with E-state index in [0.717, 1.165) is 9.75 Å². The molecule has 0 fully saturated rings. The molecule has 0 aliphatic rings. The summed E-state index contributed by atoms with van der Waals surface area (Å²) in [5.41, 5.74) is 6.38. The van der Waals surface area contributed by atoms with Gasteiger partial charge in [0.2, 0.25) is 5.91 Å². The van der Waals surface area contributed by atoms with Crippen LogP contribution in [-0.2, 0) is 14.3 Å². The van der Waals surface area contributed by atoms with Gasteiger partial charge in [-0.25, -0.2) is 4.79 Å². The molecule has 0 saturated heterocycles. The summed E-state index contributed by atoms with van der Waals surface area (Å²) in [6.07, 6.45) is 1.75. The average molecular weight is 412 g/mol. The van der Waals surface area contributed by atoms with Crippen LogP contribution in [0.1, 0.15) is 20.1 Å². The summed E-state index contributed by atoms with van der Waals surface area (Å²) < 4.78 is 5.19. The predicted octanol–water partition coefficient (Wildman–Crippen LogP) is 3.63. The number of thiophene rings is 2. The summed E-state index contributed by atoms with van der Waals surface area (Å²) in [6.45, 7) is -0.427. The van der Waals surface area contributed by atoms with Crippen LogP contribution in [0.25, 0.3) is 11.6 Å². The summed E-state index contributed by atoms with van der Waals surface area (Å²) in [5, 5.41) is 6.38. The van der Waals surface area contributed by atoms with Crippen molar-refractivity contribution in [1.82, 2.24) is 0 Å². The Morgan fingerprint density at radius 3 is 2.32 bits per heavy atom. The maximum absolute atomic E-state index is 12.5. The number of hydrogen-bond donors (Lipinski definition) is 2. The Kier molecular flexibility index (Phi) is 6.36. The van der Waals surface area contributed by atoms with E-state index >= 15 is 0 Å². The highest BCUT2D eigenvalue weighted by atomic mass is 32.1. The van der Waals surface area contributed by atoms with E-state index in [0.29, 0.717) is 16.8 Å². The Bertz CT molecular complexity index is 992. The first kappa shape index (κ1) is 19.5. The zero-order chi connectivity index (χ0) is 19.9. The fourth-order valence-corrected chi connectivity index (χ4v) is 3.69. The van der Waals surface area contributed by atoms with E-state index in [4.69, 9.17) is 10.5 Å². The maximum Gasteiger partial charge on any atom is 0.340 e. The number of esters is 1. The minimum absolute atomic E-state index is 0.337. The minimum Gasteiger partial charge on any atom is -0.452 e. The highest BCUT2D eigenvalue weighted by Crippen LogP contribution is 2.25. The second-order valence-corrected chi connectivity index (χ2v) is 7.54. The number of rotatable bonds is 7. The number of amides is 2. The predicted molar refractivity (Wildman–Crippen MR) is 111 cm³/mol. The molecule has 2 aromatic heterocycles. The Morgan fingerprint density at radius 1 is 1.00 bits per heavy atom.